The third-order valence-electron chi connectivity index (χ3n) is 3.17. The third-order valence-corrected chi connectivity index (χ3v) is 3.79. The van der Waals surface area contributed by atoms with Crippen molar-refractivity contribution in [2.45, 2.75) is 30.8 Å². The van der Waals surface area contributed by atoms with Crippen LogP contribution < -0.4 is 10.1 Å². The summed E-state index contributed by atoms with van der Waals surface area (Å²) >= 11 is 6.18. The summed E-state index contributed by atoms with van der Waals surface area (Å²) in [6, 6.07) is 8.50. The Bertz CT molecular complexity index is 649. The highest BCUT2D eigenvalue weighted by atomic mass is 32.2. The summed E-state index contributed by atoms with van der Waals surface area (Å²) in [6.45, 7) is 3.76. The molecule has 21 heavy (non-hydrogen) atoms. The van der Waals surface area contributed by atoms with Crippen LogP contribution in [0, 0.1) is 4.77 Å². The van der Waals surface area contributed by atoms with Crippen molar-refractivity contribution in [1.82, 2.24) is 9.97 Å². The molecule has 0 radical (unpaired) electrons. The maximum absolute atomic E-state index is 5.50. The third kappa shape index (κ3) is 5.08. The van der Waals surface area contributed by atoms with Gasteiger partial charge < -0.3 is 0 Å². The van der Waals surface area contributed by atoms with Crippen molar-refractivity contribution in [3.05, 3.63) is 52.6 Å². The summed E-state index contributed by atoms with van der Waals surface area (Å²) in [5.74, 6) is 0.883. The van der Waals surface area contributed by atoms with Crippen molar-refractivity contribution in [2.24, 2.45) is 5.14 Å². The van der Waals surface area contributed by atoms with Crippen LogP contribution in [0.1, 0.15) is 29.8 Å². The van der Waals surface area contributed by atoms with Crippen LogP contribution >= 0.6 is 24.2 Å². The Hall–Kier alpha value is -1.50. The molecule has 0 aliphatic carbocycles. The zero-order valence-electron chi connectivity index (χ0n) is 11.8. The number of nitrogens with one attached hydrogen (secondary N) is 2. The summed E-state index contributed by atoms with van der Waals surface area (Å²) in [5.41, 5.74) is 2.50. The fraction of sp³-hybridized carbons (Fsp3) is 0.267. The molecule has 1 aromatic carbocycles. The minimum Gasteiger partial charge on any atom is -0.269 e. The Morgan fingerprint density at radius 1 is 1.29 bits per heavy atom. The van der Waals surface area contributed by atoms with E-state index in [1.165, 1.54) is 5.56 Å². The predicted octanol–water partition coefficient (Wildman–Crippen LogP) is 3.13. The van der Waals surface area contributed by atoms with Gasteiger partial charge in [-0.15, -0.1) is 0 Å². The molecule has 4 N–H and O–H groups in total. The van der Waals surface area contributed by atoms with Gasteiger partial charge in [0.1, 0.15) is 0 Å². The van der Waals surface area contributed by atoms with Crippen molar-refractivity contribution < 1.29 is 4.98 Å². The molecule has 0 aliphatic heterocycles. The Morgan fingerprint density at radius 3 is 2.67 bits per heavy atom. The highest BCUT2D eigenvalue weighted by Gasteiger charge is 2.08. The van der Waals surface area contributed by atoms with E-state index >= 15 is 0 Å². The smallest absolute Gasteiger partial charge is 0.269 e. The van der Waals surface area contributed by atoms with Gasteiger partial charge >= 0.3 is 5.16 Å². The lowest BCUT2D eigenvalue weighted by Gasteiger charge is -2.01. The van der Waals surface area contributed by atoms with E-state index in [0.29, 0.717) is 9.93 Å². The maximum Gasteiger partial charge on any atom is 0.315 e. The SMILES string of the molecule is C=Cc1ccc(CCCCc2nc(SN)[nH+]c(=S)[nH]2)cc1. The van der Waals surface area contributed by atoms with Gasteiger partial charge in [-0.3, -0.25) is 5.14 Å². The molecule has 0 spiro atoms. The van der Waals surface area contributed by atoms with Crippen molar-refractivity contribution in [2.75, 3.05) is 0 Å². The number of nitrogens with zero attached hydrogens (tertiary/aromatic N) is 1. The molecule has 0 unspecified atom stereocenters. The number of rotatable bonds is 7. The van der Waals surface area contributed by atoms with Gasteiger partial charge in [0, 0.05) is 18.4 Å². The van der Waals surface area contributed by atoms with Crippen LogP contribution in [0.4, 0.5) is 0 Å². The summed E-state index contributed by atoms with van der Waals surface area (Å²) in [7, 11) is 0. The molecule has 0 atom stereocenters. The molecule has 0 saturated heterocycles. The number of unbranched alkanes of at least 4 members (excludes halogenated alkanes) is 1. The molecular weight excluding hydrogens is 300 g/mol. The molecule has 0 fully saturated rings. The van der Waals surface area contributed by atoms with Crippen LogP contribution in [0.3, 0.4) is 0 Å². The summed E-state index contributed by atoms with van der Waals surface area (Å²) in [5, 5.41) is 6.14. The number of H-pyrrole nitrogens is 2. The molecule has 0 saturated carbocycles. The first-order valence-corrected chi connectivity index (χ1v) is 8.10. The van der Waals surface area contributed by atoms with Gasteiger partial charge in [-0.1, -0.05) is 41.9 Å². The molecule has 110 valence electrons. The van der Waals surface area contributed by atoms with Crippen LogP contribution in [0.2, 0.25) is 0 Å². The van der Waals surface area contributed by atoms with E-state index in [0.717, 1.165) is 49.0 Å². The second kappa shape index (κ2) is 8.07. The lowest BCUT2D eigenvalue weighted by Crippen LogP contribution is -2.16. The van der Waals surface area contributed by atoms with Crippen LogP contribution in [0.25, 0.3) is 6.08 Å². The minimum absolute atomic E-state index is 0.563. The van der Waals surface area contributed by atoms with Gasteiger partial charge in [-0.05, 0) is 42.6 Å². The normalized spacial score (nSPS) is 10.5. The Kier molecular flexibility index (Phi) is 6.10. The van der Waals surface area contributed by atoms with Gasteiger partial charge in [0.25, 0.3) is 4.77 Å². The Labute approximate surface area is 134 Å². The van der Waals surface area contributed by atoms with Crippen molar-refractivity contribution in [3.63, 3.8) is 0 Å². The average Bonchev–Trinajstić information content (AvgIpc) is 2.51. The lowest BCUT2D eigenvalue weighted by atomic mass is 10.1. The first kappa shape index (κ1) is 15.9. The van der Waals surface area contributed by atoms with Crippen LogP contribution in [-0.4, -0.2) is 9.97 Å². The van der Waals surface area contributed by atoms with Crippen molar-refractivity contribution in [1.29, 1.82) is 0 Å². The predicted molar refractivity (Wildman–Crippen MR) is 89.2 cm³/mol. The topological polar surface area (TPSA) is 68.8 Å². The molecule has 6 heteroatoms. The van der Waals surface area contributed by atoms with E-state index < -0.39 is 0 Å². The molecule has 1 aromatic heterocycles. The number of hydrogen-bond donors (Lipinski definition) is 2. The van der Waals surface area contributed by atoms with E-state index in [9.17, 15) is 0 Å². The maximum atomic E-state index is 5.50. The molecule has 0 amide bonds. The van der Waals surface area contributed by atoms with Crippen LogP contribution in [0.15, 0.2) is 36.0 Å². The van der Waals surface area contributed by atoms with Gasteiger partial charge in [-0.2, -0.15) is 0 Å². The van der Waals surface area contributed by atoms with Crippen molar-refractivity contribution >= 4 is 30.2 Å². The van der Waals surface area contributed by atoms with E-state index in [2.05, 4.69) is 45.8 Å². The van der Waals surface area contributed by atoms with Gasteiger partial charge in [0.2, 0.25) is 5.82 Å². The lowest BCUT2D eigenvalue weighted by molar-refractivity contribution is -0.447. The number of aromatic nitrogens is 3. The van der Waals surface area contributed by atoms with Gasteiger partial charge in [0.15, 0.2) is 0 Å². The van der Waals surface area contributed by atoms with Crippen molar-refractivity contribution in [3.8, 4) is 0 Å². The molecule has 2 rings (SSSR count). The number of hydrogen-bond acceptors (Lipinski definition) is 4. The summed E-state index contributed by atoms with van der Waals surface area (Å²) in [4.78, 5) is 10.3. The first-order chi connectivity index (χ1) is 10.2. The second-order valence-electron chi connectivity index (χ2n) is 4.71. The second-order valence-corrected chi connectivity index (χ2v) is 5.74. The van der Waals surface area contributed by atoms with E-state index in [-0.39, 0.29) is 0 Å². The Balaban J connectivity index is 1.82. The molecule has 4 nitrogen and oxygen atoms in total. The van der Waals surface area contributed by atoms with Crippen LogP contribution in [-0.2, 0) is 12.8 Å². The van der Waals surface area contributed by atoms with E-state index in [1.54, 1.807) is 0 Å². The average molecular weight is 319 g/mol. The quantitative estimate of drug-likeness (QED) is 0.467. The van der Waals surface area contributed by atoms with Gasteiger partial charge in [0.05, 0.1) is 0 Å². The monoisotopic (exact) mass is 319 g/mol. The molecule has 1 heterocycles. The first-order valence-electron chi connectivity index (χ1n) is 6.82. The molecule has 0 aliphatic rings. The Morgan fingerprint density at radius 2 is 2.00 bits per heavy atom. The number of aromatic amines is 2. The zero-order valence-corrected chi connectivity index (χ0v) is 13.4. The number of benzene rings is 1. The van der Waals surface area contributed by atoms with Crippen LogP contribution in [0.5, 0.6) is 0 Å². The standard InChI is InChI=1S/C15H18N4S2/c1-2-11-7-9-12(10-8-11)5-3-4-6-13-17-14(20)19-15(18-13)21-16/h2,7-10H,1,3-6,16H2,(H,17,18,19,20)/p+1. The van der Waals surface area contributed by atoms with E-state index in [1.807, 2.05) is 6.08 Å². The summed E-state index contributed by atoms with van der Waals surface area (Å²) in [6.07, 6.45) is 5.96. The molecule has 2 aromatic rings. The largest absolute Gasteiger partial charge is 0.315 e. The fourth-order valence-electron chi connectivity index (χ4n) is 2.05. The van der Waals surface area contributed by atoms with Gasteiger partial charge in [-0.25, -0.2) is 9.97 Å². The fourth-order valence-corrected chi connectivity index (χ4v) is 2.66. The number of aryl methyl sites for hydroxylation is 2. The molecular formula is C15H19N4S2+. The highest BCUT2D eigenvalue weighted by molar-refractivity contribution is 7.96. The van der Waals surface area contributed by atoms with E-state index in [4.69, 9.17) is 17.4 Å². The highest BCUT2D eigenvalue weighted by Crippen LogP contribution is 2.10. The molecule has 0 bridgehead atoms. The minimum atomic E-state index is 0.563. The summed E-state index contributed by atoms with van der Waals surface area (Å²) < 4.78 is 0.563. The zero-order chi connectivity index (χ0) is 15.1. The number of nitrogens with two attached hydrogens (primary N) is 1.